The number of anilines is 1. The van der Waals surface area contributed by atoms with E-state index in [9.17, 15) is 10.2 Å². The van der Waals surface area contributed by atoms with E-state index >= 15 is 0 Å². The van der Waals surface area contributed by atoms with Gasteiger partial charge in [-0.2, -0.15) is 0 Å². The fourth-order valence-electron chi connectivity index (χ4n) is 2.50. The number of nitrogens with zero attached hydrogens (tertiary/aromatic N) is 4. The first-order valence-electron chi connectivity index (χ1n) is 6.84. The minimum atomic E-state index is -1.07. The number of nitrogens with two attached hydrogens (primary N) is 1. The summed E-state index contributed by atoms with van der Waals surface area (Å²) in [6.45, 7) is 1.27. The average Bonchev–Trinajstić information content (AvgIpc) is 3.05. The molecule has 23 heavy (non-hydrogen) atoms. The quantitative estimate of drug-likeness (QED) is 0.268. The number of halogens is 2. The molecule has 3 rings (SSSR count). The SMILES string of the molecule is Cl.Nc1ncnc2c1ncn2[C@@H]1O[C@H](CNCCI)[C@@H](O)[C@H]1O. The molecule has 1 saturated heterocycles. The van der Waals surface area contributed by atoms with Crippen molar-refractivity contribution in [3.63, 3.8) is 0 Å². The lowest BCUT2D eigenvalue weighted by Crippen LogP contribution is -2.38. The van der Waals surface area contributed by atoms with E-state index < -0.39 is 24.5 Å². The van der Waals surface area contributed by atoms with E-state index in [1.165, 1.54) is 12.7 Å². The van der Waals surface area contributed by atoms with E-state index in [0.29, 0.717) is 17.7 Å². The summed E-state index contributed by atoms with van der Waals surface area (Å²) >= 11 is 2.25. The Bertz CT molecular complexity index is 659. The predicted octanol–water partition coefficient (Wildman–Crippen LogP) is -0.526. The van der Waals surface area contributed by atoms with Crippen LogP contribution < -0.4 is 11.1 Å². The molecule has 9 nitrogen and oxygen atoms in total. The van der Waals surface area contributed by atoms with Gasteiger partial charge in [0.1, 0.15) is 30.2 Å². The van der Waals surface area contributed by atoms with Gasteiger partial charge in [0.25, 0.3) is 0 Å². The van der Waals surface area contributed by atoms with Crippen LogP contribution in [-0.4, -0.2) is 65.6 Å². The van der Waals surface area contributed by atoms with Gasteiger partial charge in [-0.1, -0.05) is 22.6 Å². The highest BCUT2D eigenvalue weighted by Gasteiger charge is 2.44. The number of imidazole rings is 1. The number of aromatic nitrogens is 4. The standard InChI is InChI=1S/C12H17IN6O3.ClH/c13-1-2-15-3-6-8(20)9(21)12(22-6)19-5-18-7-10(14)16-4-17-11(7)19;/h4-6,8-9,12,15,20-21H,1-3H2,(H2,14,16,17);1H/t6-,8-,9-,12-;/m1./s1. The zero-order chi connectivity index (χ0) is 15.7. The Morgan fingerprint density at radius 2 is 2.09 bits per heavy atom. The molecule has 0 bridgehead atoms. The number of nitrogen functional groups attached to an aromatic ring is 1. The maximum atomic E-state index is 10.3. The van der Waals surface area contributed by atoms with Crippen LogP contribution in [0.4, 0.5) is 5.82 Å². The lowest BCUT2D eigenvalue weighted by molar-refractivity contribution is -0.0340. The van der Waals surface area contributed by atoms with Crippen molar-refractivity contribution in [2.45, 2.75) is 24.5 Å². The van der Waals surface area contributed by atoms with Gasteiger partial charge in [-0.25, -0.2) is 15.0 Å². The lowest BCUT2D eigenvalue weighted by atomic mass is 10.1. The van der Waals surface area contributed by atoms with Gasteiger partial charge < -0.3 is 26.0 Å². The Morgan fingerprint density at radius 3 is 2.83 bits per heavy atom. The van der Waals surface area contributed by atoms with Gasteiger partial charge in [0.2, 0.25) is 0 Å². The molecule has 4 atom stereocenters. The Hall–Kier alpha value is -0.790. The number of hydrogen-bond acceptors (Lipinski definition) is 8. The summed E-state index contributed by atoms with van der Waals surface area (Å²) in [4.78, 5) is 12.1. The Balaban J connectivity index is 0.00000192. The third-order valence-electron chi connectivity index (χ3n) is 3.62. The molecular weight excluding hydrogens is 439 g/mol. The van der Waals surface area contributed by atoms with Gasteiger partial charge in [0.15, 0.2) is 17.7 Å². The zero-order valence-electron chi connectivity index (χ0n) is 12.0. The molecule has 11 heteroatoms. The molecule has 0 radical (unpaired) electrons. The average molecular weight is 457 g/mol. The molecule has 128 valence electrons. The van der Waals surface area contributed by atoms with Crippen molar-refractivity contribution in [2.24, 2.45) is 0 Å². The van der Waals surface area contributed by atoms with E-state index in [2.05, 4.69) is 42.9 Å². The molecule has 0 amide bonds. The van der Waals surface area contributed by atoms with Crippen molar-refractivity contribution in [2.75, 3.05) is 23.3 Å². The zero-order valence-corrected chi connectivity index (χ0v) is 15.0. The Kier molecular flexibility index (Phi) is 6.33. The minimum absolute atomic E-state index is 0. The van der Waals surface area contributed by atoms with Crippen LogP contribution in [0.25, 0.3) is 11.2 Å². The van der Waals surface area contributed by atoms with E-state index in [4.69, 9.17) is 10.5 Å². The largest absolute Gasteiger partial charge is 0.387 e. The molecule has 1 aliphatic rings. The molecule has 1 aliphatic heterocycles. The van der Waals surface area contributed by atoms with Crippen LogP contribution in [0.2, 0.25) is 0 Å². The smallest absolute Gasteiger partial charge is 0.167 e. The lowest BCUT2D eigenvalue weighted by Gasteiger charge is -2.16. The van der Waals surface area contributed by atoms with Crippen molar-refractivity contribution in [1.82, 2.24) is 24.8 Å². The summed E-state index contributed by atoms with van der Waals surface area (Å²) in [6, 6.07) is 0. The maximum absolute atomic E-state index is 10.3. The van der Waals surface area contributed by atoms with Gasteiger partial charge in [0.05, 0.1) is 6.33 Å². The van der Waals surface area contributed by atoms with E-state index in [1.807, 2.05) is 0 Å². The number of rotatable bonds is 5. The van der Waals surface area contributed by atoms with Crippen LogP contribution in [0.1, 0.15) is 6.23 Å². The highest BCUT2D eigenvalue weighted by atomic mass is 127. The summed E-state index contributed by atoms with van der Waals surface area (Å²) < 4.78 is 8.30. The molecule has 3 heterocycles. The van der Waals surface area contributed by atoms with Crippen LogP contribution in [0.3, 0.4) is 0 Å². The number of aliphatic hydroxyl groups is 2. The van der Waals surface area contributed by atoms with Crippen molar-refractivity contribution in [1.29, 1.82) is 0 Å². The summed E-state index contributed by atoms with van der Waals surface area (Å²) in [5.41, 5.74) is 6.65. The second-order valence-electron chi connectivity index (χ2n) is 5.02. The predicted molar refractivity (Wildman–Crippen MR) is 94.7 cm³/mol. The first-order chi connectivity index (χ1) is 10.6. The van der Waals surface area contributed by atoms with Crippen LogP contribution in [0.15, 0.2) is 12.7 Å². The van der Waals surface area contributed by atoms with Crippen LogP contribution in [-0.2, 0) is 4.74 Å². The number of fused-ring (bicyclic) bond motifs is 1. The molecule has 1 fully saturated rings. The monoisotopic (exact) mass is 456 g/mol. The van der Waals surface area contributed by atoms with Crippen molar-refractivity contribution in [3.8, 4) is 0 Å². The summed E-state index contributed by atoms with van der Waals surface area (Å²) in [5.74, 6) is 0.261. The molecule has 0 aromatic carbocycles. The highest BCUT2D eigenvalue weighted by molar-refractivity contribution is 14.1. The van der Waals surface area contributed by atoms with Gasteiger partial charge in [-0.05, 0) is 0 Å². The minimum Gasteiger partial charge on any atom is -0.387 e. The second kappa shape index (κ2) is 7.85. The van der Waals surface area contributed by atoms with Crippen LogP contribution in [0, 0.1) is 0 Å². The molecular formula is C12H18ClIN6O3. The molecule has 2 aromatic rings. The first kappa shape index (κ1) is 18.5. The van der Waals surface area contributed by atoms with Gasteiger partial charge >= 0.3 is 0 Å². The Labute approximate surface area is 152 Å². The molecule has 2 aromatic heterocycles. The number of aliphatic hydroxyl groups excluding tert-OH is 2. The topological polar surface area (TPSA) is 131 Å². The highest BCUT2D eigenvalue weighted by Crippen LogP contribution is 2.31. The van der Waals surface area contributed by atoms with E-state index in [1.54, 1.807) is 4.57 Å². The molecule has 0 spiro atoms. The molecule has 0 unspecified atom stereocenters. The second-order valence-corrected chi connectivity index (χ2v) is 6.10. The molecule has 5 N–H and O–H groups in total. The summed E-state index contributed by atoms with van der Waals surface area (Å²) in [5, 5.41) is 23.6. The van der Waals surface area contributed by atoms with Gasteiger partial charge in [-0.3, -0.25) is 4.57 Å². The summed E-state index contributed by atoms with van der Waals surface area (Å²) in [6.07, 6.45) is -0.507. The number of hydrogen-bond donors (Lipinski definition) is 4. The van der Waals surface area contributed by atoms with Crippen LogP contribution in [0.5, 0.6) is 0 Å². The number of alkyl halides is 1. The first-order valence-corrected chi connectivity index (χ1v) is 8.37. The van der Waals surface area contributed by atoms with E-state index in [-0.39, 0.29) is 18.2 Å². The van der Waals surface area contributed by atoms with Crippen molar-refractivity contribution >= 4 is 52.0 Å². The fraction of sp³-hybridized carbons (Fsp3) is 0.583. The van der Waals surface area contributed by atoms with Gasteiger partial charge in [-0.15, -0.1) is 12.4 Å². The number of nitrogens with one attached hydrogen (secondary N) is 1. The van der Waals surface area contributed by atoms with Crippen LogP contribution >= 0.6 is 35.0 Å². The van der Waals surface area contributed by atoms with Gasteiger partial charge in [0, 0.05) is 17.5 Å². The third kappa shape index (κ3) is 3.51. The normalized spacial score (nSPS) is 27.3. The molecule has 0 aliphatic carbocycles. The Morgan fingerprint density at radius 1 is 1.30 bits per heavy atom. The molecule has 0 saturated carbocycles. The number of ether oxygens (including phenoxy) is 1. The van der Waals surface area contributed by atoms with E-state index in [0.717, 1.165) is 11.0 Å². The third-order valence-corrected chi connectivity index (χ3v) is 4.15. The summed E-state index contributed by atoms with van der Waals surface area (Å²) in [7, 11) is 0. The fourth-order valence-corrected chi connectivity index (χ4v) is 2.88. The maximum Gasteiger partial charge on any atom is 0.167 e. The van der Waals surface area contributed by atoms with Crippen molar-refractivity contribution < 1.29 is 14.9 Å². The van der Waals surface area contributed by atoms with Crippen molar-refractivity contribution in [3.05, 3.63) is 12.7 Å².